The van der Waals surface area contributed by atoms with Crippen LogP contribution in [0.15, 0.2) is 48.5 Å². The maximum atomic E-state index is 12.9. The van der Waals surface area contributed by atoms with Crippen LogP contribution < -0.4 is 4.74 Å². The number of aryl methyl sites for hydroxylation is 1. The molecule has 7 heteroatoms. The molecule has 1 aliphatic heterocycles. The highest BCUT2D eigenvalue weighted by molar-refractivity contribution is 7.91. The number of sulfone groups is 1. The highest BCUT2D eigenvalue weighted by atomic mass is 35.5. The molecule has 3 rings (SSSR count). The van der Waals surface area contributed by atoms with E-state index in [2.05, 4.69) is 0 Å². The Morgan fingerprint density at radius 2 is 1.96 bits per heavy atom. The highest BCUT2D eigenvalue weighted by Gasteiger charge is 2.34. The van der Waals surface area contributed by atoms with E-state index in [1.165, 1.54) is 0 Å². The first-order valence-corrected chi connectivity index (χ1v) is 11.0. The first kappa shape index (κ1) is 19.7. The Kier molecular flexibility index (Phi) is 6.07. The summed E-state index contributed by atoms with van der Waals surface area (Å²) in [6, 6.07) is 14.4. The Labute approximate surface area is 164 Å². The monoisotopic (exact) mass is 407 g/mol. The molecule has 0 saturated carbocycles. The fourth-order valence-electron chi connectivity index (χ4n) is 3.16. The average molecular weight is 408 g/mol. The van der Waals surface area contributed by atoms with Crippen molar-refractivity contribution >= 4 is 27.3 Å². The molecule has 1 fully saturated rings. The number of halogens is 1. The number of rotatable bonds is 6. The predicted octanol–water partition coefficient (Wildman–Crippen LogP) is 3.24. The summed E-state index contributed by atoms with van der Waals surface area (Å²) < 4.78 is 29.4. The van der Waals surface area contributed by atoms with Crippen molar-refractivity contribution in [1.82, 2.24) is 4.90 Å². The fourth-order valence-corrected chi connectivity index (χ4v) is 5.01. The zero-order chi connectivity index (χ0) is 19.4. The van der Waals surface area contributed by atoms with Crippen molar-refractivity contribution < 1.29 is 17.9 Å². The molecule has 0 spiro atoms. The van der Waals surface area contributed by atoms with E-state index in [9.17, 15) is 13.2 Å². The Morgan fingerprint density at radius 3 is 2.59 bits per heavy atom. The molecule has 1 atom stereocenters. The van der Waals surface area contributed by atoms with Gasteiger partial charge in [-0.1, -0.05) is 41.9 Å². The molecule has 5 nitrogen and oxygen atoms in total. The summed E-state index contributed by atoms with van der Waals surface area (Å²) in [5, 5.41) is 0.635. The van der Waals surface area contributed by atoms with Gasteiger partial charge >= 0.3 is 0 Å². The van der Waals surface area contributed by atoms with E-state index in [1.54, 1.807) is 23.1 Å². The number of amides is 1. The second-order valence-electron chi connectivity index (χ2n) is 6.76. The van der Waals surface area contributed by atoms with Crippen LogP contribution >= 0.6 is 11.6 Å². The van der Waals surface area contributed by atoms with Gasteiger partial charge in [0, 0.05) is 17.6 Å². The maximum absolute atomic E-state index is 12.9. The van der Waals surface area contributed by atoms with Crippen LogP contribution in [0.4, 0.5) is 0 Å². The van der Waals surface area contributed by atoms with E-state index in [0.29, 0.717) is 23.7 Å². The van der Waals surface area contributed by atoms with Crippen LogP contribution in [-0.4, -0.2) is 43.4 Å². The first-order valence-electron chi connectivity index (χ1n) is 8.77. The fraction of sp³-hybridized carbons (Fsp3) is 0.350. The number of carbonyl (C=O) groups excluding carboxylic acids is 1. The molecule has 0 aliphatic carbocycles. The van der Waals surface area contributed by atoms with Crippen LogP contribution in [0.2, 0.25) is 5.02 Å². The standard InChI is InChI=1S/C20H22ClNO4S/c1-15-11-18(7-8-19(15)21)26-13-20(23)22(12-16-5-3-2-4-6-16)17-9-10-27(24,25)14-17/h2-8,11,17H,9-10,12-14H2,1H3/t17-/m1/s1. The van der Waals surface area contributed by atoms with Gasteiger partial charge in [0.2, 0.25) is 0 Å². The topological polar surface area (TPSA) is 63.7 Å². The molecule has 0 bridgehead atoms. The van der Waals surface area contributed by atoms with Gasteiger partial charge in [0.25, 0.3) is 5.91 Å². The predicted molar refractivity (Wildman–Crippen MR) is 106 cm³/mol. The van der Waals surface area contributed by atoms with Gasteiger partial charge in [-0.3, -0.25) is 4.79 Å². The molecular formula is C20H22ClNO4S. The lowest BCUT2D eigenvalue weighted by molar-refractivity contribution is -0.136. The van der Waals surface area contributed by atoms with Gasteiger partial charge in [0.15, 0.2) is 16.4 Å². The molecule has 1 heterocycles. The van der Waals surface area contributed by atoms with Crippen LogP contribution in [0.3, 0.4) is 0 Å². The highest BCUT2D eigenvalue weighted by Crippen LogP contribution is 2.23. The van der Waals surface area contributed by atoms with E-state index in [1.807, 2.05) is 37.3 Å². The molecular weight excluding hydrogens is 386 g/mol. The minimum atomic E-state index is -3.09. The van der Waals surface area contributed by atoms with E-state index < -0.39 is 9.84 Å². The summed E-state index contributed by atoms with van der Waals surface area (Å²) in [5.74, 6) is 0.455. The lowest BCUT2D eigenvalue weighted by Gasteiger charge is -2.28. The van der Waals surface area contributed by atoms with Crippen molar-refractivity contribution in [1.29, 1.82) is 0 Å². The largest absolute Gasteiger partial charge is 0.484 e. The minimum absolute atomic E-state index is 0.00558. The lowest BCUT2D eigenvalue weighted by atomic mass is 10.1. The van der Waals surface area contributed by atoms with Gasteiger partial charge in [-0.2, -0.15) is 0 Å². The van der Waals surface area contributed by atoms with E-state index >= 15 is 0 Å². The molecule has 0 N–H and O–H groups in total. The van der Waals surface area contributed by atoms with Crippen molar-refractivity contribution in [3.63, 3.8) is 0 Å². The molecule has 1 amide bonds. The molecule has 2 aromatic rings. The van der Waals surface area contributed by atoms with Crippen LogP contribution in [0.25, 0.3) is 0 Å². The summed E-state index contributed by atoms with van der Waals surface area (Å²) >= 11 is 6.01. The van der Waals surface area contributed by atoms with Gasteiger partial charge < -0.3 is 9.64 Å². The summed E-state index contributed by atoms with van der Waals surface area (Å²) in [7, 11) is -3.09. The van der Waals surface area contributed by atoms with Gasteiger partial charge in [-0.05, 0) is 42.7 Å². The van der Waals surface area contributed by atoms with Gasteiger partial charge in [0.1, 0.15) is 5.75 Å². The third kappa shape index (κ3) is 5.23. The van der Waals surface area contributed by atoms with Gasteiger partial charge in [-0.25, -0.2) is 8.42 Å². The van der Waals surface area contributed by atoms with Crippen molar-refractivity contribution in [2.75, 3.05) is 18.1 Å². The number of carbonyl (C=O) groups is 1. The summed E-state index contributed by atoms with van der Waals surface area (Å²) in [5.41, 5.74) is 1.82. The number of ether oxygens (including phenoxy) is 1. The third-order valence-corrected chi connectivity index (χ3v) is 6.83. The Hall–Kier alpha value is -2.05. The maximum Gasteiger partial charge on any atom is 0.261 e. The first-order chi connectivity index (χ1) is 12.8. The Balaban J connectivity index is 1.72. The van der Waals surface area contributed by atoms with Crippen LogP contribution in [0.5, 0.6) is 5.75 Å². The second kappa shape index (κ2) is 8.31. The summed E-state index contributed by atoms with van der Waals surface area (Å²) in [4.78, 5) is 14.5. The molecule has 144 valence electrons. The van der Waals surface area contributed by atoms with E-state index in [-0.39, 0.29) is 30.1 Å². The summed E-state index contributed by atoms with van der Waals surface area (Å²) in [6.07, 6.45) is 0.459. The second-order valence-corrected chi connectivity index (χ2v) is 9.40. The number of nitrogens with zero attached hydrogens (tertiary/aromatic N) is 1. The molecule has 27 heavy (non-hydrogen) atoms. The number of hydrogen-bond acceptors (Lipinski definition) is 4. The molecule has 0 unspecified atom stereocenters. The van der Waals surface area contributed by atoms with Crippen LogP contribution in [-0.2, 0) is 21.2 Å². The molecule has 1 aliphatic rings. The number of benzene rings is 2. The van der Waals surface area contributed by atoms with E-state index in [4.69, 9.17) is 16.3 Å². The van der Waals surface area contributed by atoms with E-state index in [0.717, 1.165) is 11.1 Å². The van der Waals surface area contributed by atoms with Crippen molar-refractivity contribution in [2.45, 2.75) is 25.9 Å². The van der Waals surface area contributed by atoms with Crippen LogP contribution in [0, 0.1) is 6.92 Å². The normalized spacial score (nSPS) is 18.2. The Morgan fingerprint density at radius 1 is 1.22 bits per heavy atom. The molecule has 1 saturated heterocycles. The summed E-state index contributed by atoms with van der Waals surface area (Å²) in [6.45, 7) is 2.08. The zero-order valence-corrected chi connectivity index (χ0v) is 16.7. The van der Waals surface area contributed by atoms with Crippen molar-refractivity contribution in [2.24, 2.45) is 0 Å². The SMILES string of the molecule is Cc1cc(OCC(=O)N(Cc2ccccc2)[C@@H]2CCS(=O)(=O)C2)ccc1Cl. The lowest BCUT2D eigenvalue weighted by Crippen LogP contribution is -2.43. The van der Waals surface area contributed by atoms with Crippen LogP contribution in [0.1, 0.15) is 17.5 Å². The van der Waals surface area contributed by atoms with Crippen molar-refractivity contribution in [3.8, 4) is 5.75 Å². The Bertz CT molecular complexity index is 915. The quantitative estimate of drug-likeness (QED) is 0.737. The third-order valence-electron chi connectivity index (χ3n) is 4.66. The smallest absolute Gasteiger partial charge is 0.261 e. The molecule has 0 aromatic heterocycles. The number of hydrogen-bond donors (Lipinski definition) is 0. The van der Waals surface area contributed by atoms with Gasteiger partial charge in [-0.15, -0.1) is 0 Å². The molecule has 2 aromatic carbocycles. The molecule has 0 radical (unpaired) electrons. The van der Waals surface area contributed by atoms with Crippen molar-refractivity contribution in [3.05, 3.63) is 64.7 Å². The van der Waals surface area contributed by atoms with Gasteiger partial charge in [0.05, 0.1) is 11.5 Å². The zero-order valence-electron chi connectivity index (χ0n) is 15.1. The minimum Gasteiger partial charge on any atom is -0.484 e. The average Bonchev–Trinajstić information content (AvgIpc) is 3.01.